The van der Waals surface area contributed by atoms with E-state index in [1.54, 1.807) is 0 Å². The van der Waals surface area contributed by atoms with Gasteiger partial charge in [0.25, 0.3) is 0 Å². The Bertz CT molecular complexity index is 623. The van der Waals surface area contributed by atoms with Crippen molar-refractivity contribution in [3.8, 4) is 0 Å². The van der Waals surface area contributed by atoms with Crippen LogP contribution in [0.25, 0.3) is 0 Å². The summed E-state index contributed by atoms with van der Waals surface area (Å²) in [5.41, 5.74) is 2.14. The highest BCUT2D eigenvalue weighted by Gasteiger charge is 2.30. The molecule has 1 unspecified atom stereocenters. The van der Waals surface area contributed by atoms with Crippen molar-refractivity contribution < 1.29 is 4.79 Å². The van der Waals surface area contributed by atoms with Crippen molar-refractivity contribution >= 4 is 5.91 Å². The molecule has 1 atom stereocenters. The molecule has 1 amide bonds. The number of piperazine rings is 1. The van der Waals surface area contributed by atoms with Crippen LogP contribution in [0.3, 0.4) is 0 Å². The molecule has 1 aliphatic rings. The fraction of sp³-hybridized carbons (Fsp3) is 0.409. The topological polar surface area (TPSA) is 23.6 Å². The Morgan fingerprint density at radius 3 is 1.80 bits per heavy atom. The van der Waals surface area contributed by atoms with Gasteiger partial charge in [-0.05, 0) is 24.5 Å². The Morgan fingerprint density at radius 2 is 1.36 bits per heavy atom. The summed E-state index contributed by atoms with van der Waals surface area (Å²) >= 11 is 0. The minimum absolute atomic E-state index is 0.211. The van der Waals surface area contributed by atoms with Crippen molar-refractivity contribution in [1.82, 2.24) is 9.80 Å². The molecule has 3 rings (SSSR count). The first kappa shape index (κ1) is 17.7. The van der Waals surface area contributed by atoms with Crippen LogP contribution in [0.2, 0.25) is 0 Å². The van der Waals surface area contributed by atoms with Gasteiger partial charge in [0.05, 0.1) is 5.92 Å². The summed E-state index contributed by atoms with van der Waals surface area (Å²) in [5, 5.41) is 0. The number of amides is 1. The van der Waals surface area contributed by atoms with Crippen molar-refractivity contribution in [3.63, 3.8) is 0 Å². The zero-order chi connectivity index (χ0) is 17.6. The maximum Gasteiger partial charge on any atom is 0.234 e. The van der Waals surface area contributed by atoms with E-state index in [9.17, 15) is 4.79 Å². The molecule has 2 aromatic rings. The summed E-state index contributed by atoms with van der Waals surface area (Å²) in [4.78, 5) is 17.9. The second-order valence-corrected chi connectivity index (χ2v) is 6.87. The van der Waals surface area contributed by atoms with E-state index in [1.165, 1.54) is 0 Å². The Hall–Kier alpha value is -2.13. The number of hydrogen-bond acceptors (Lipinski definition) is 2. The molecule has 1 saturated heterocycles. The number of hydrogen-bond donors (Lipinski definition) is 0. The molecule has 0 aliphatic carbocycles. The highest BCUT2D eigenvalue weighted by molar-refractivity contribution is 5.87. The number of nitrogens with zero attached hydrogens (tertiary/aromatic N) is 2. The van der Waals surface area contributed by atoms with E-state index in [0.717, 1.165) is 43.7 Å². The summed E-state index contributed by atoms with van der Waals surface area (Å²) in [6.45, 7) is 8.07. The summed E-state index contributed by atoms with van der Waals surface area (Å²) in [6, 6.07) is 20.9. The van der Waals surface area contributed by atoms with Gasteiger partial charge < -0.3 is 4.90 Å². The van der Waals surface area contributed by atoms with Gasteiger partial charge in [0.1, 0.15) is 0 Å². The fourth-order valence-corrected chi connectivity index (χ4v) is 3.59. The van der Waals surface area contributed by atoms with Gasteiger partial charge in [-0.3, -0.25) is 9.69 Å². The summed E-state index contributed by atoms with van der Waals surface area (Å²) in [6.07, 6.45) is 1.16. The monoisotopic (exact) mass is 336 g/mol. The molecule has 1 fully saturated rings. The molecule has 3 heteroatoms. The smallest absolute Gasteiger partial charge is 0.234 e. The minimum Gasteiger partial charge on any atom is -0.339 e. The normalized spacial score (nSPS) is 16.8. The van der Waals surface area contributed by atoms with E-state index in [4.69, 9.17) is 0 Å². The Morgan fingerprint density at radius 1 is 0.880 bits per heavy atom. The second-order valence-electron chi connectivity index (χ2n) is 6.87. The Kier molecular flexibility index (Phi) is 5.87. The van der Waals surface area contributed by atoms with Crippen molar-refractivity contribution in [2.75, 3.05) is 26.2 Å². The summed E-state index contributed by atoms with van der Waals surface area (Å²) in [5.74, 6) is 0.0127. The van der Waals surface area contributed by atoms with Crippen molar-refractivity contribution in [2.45, 2.75) is 32.2 Å². The maximum atomic E-state index is 13.4. The second kappa shape index (κ2) is 8.30. The van der Waals surface area contributed by atoms with Crippen LogP contribution >= 0.6 is 0 Å². The molecule has 3 nitrogen and oxygen atoms in total. The van der Waals surface area contributed by atoms with Gasteiger partial charge in [0.2, 0.25) is 5.91 Å². The van der Waals surface area contributed by atoms with Crippen LogP contribution in [-0.2, 0) is 4.79 Å². The van der Waals surface area contributed by atoms with Crippen LogP contribution in [0, 0.1) is 0 Å². The van der Waals surface area contributed by atoms with E-state index in [1.807, 2.05) is 41.3 Å². The molecule has 0 aromatic heterocycles. The van der Waals surface area contributed by atoms with Crippen LogP contribution in [0.15, 0.2) is 60.7 Å². The van der Waals surface area contributed by atoms with Gasteiger partial charge in [-0.25, -0.2) is 0 Å². The van der Waals surface area contributed by atoms with Crippen LogP contribution in [0.4, 0.5) is 0 Å². The van der Waals surface area contributed by atoms with E-state index < -0.39 is 0 Å². The van der Waals surface area contributed by atoms with Gasteiger partial charge in [-0.15, -0.1) is 0 Å². The van der Waals surface area contributed by atoms with Gasteiger partial charge in [0, 0.05) is 32.2 Å². The lowest BCUT2D eigenvalue weighted by Gasteiger charge is -2.39. The first-order valence-electron chi connectivity index (χ1n) is 9.33. The lowest BCUT2D eigenvalue weighted by atomic mass is 9.90. The zero-order valence-corrected chi connectivity index (χ0v) is 15.3. The predicted molar refractivity (Wildman–Crippen MR) is 103 cm³/mol. The van der Waals surface area contributed by atoms with Gasteiger partial charge >= 0.3 is 0 Å². The third kappa shape index (κ3) is 4.10. The van der Waals surface area contributed by atoms with Crippen molar-refractivity contribution in [2.24, 2.45) is 0 Å². The van der Waals surface area contributed by atoms with Gasteiger partial charge in [-0.1, -0.05) is 67.6 Å². The predicted octanol–water partition coefficient (Wildman–Crippen LogP) is 3.76. The van der Waals surface area contributed by atoms with Gasteiger partial charge in [0.15, 0.2) is 0 Å². The third-order valence-electron chi connectivity index (χ3n) is 5.35. The first-order chi connectivity index (χ1) is 12.2. The van der Waals surface area contributed by atoms with E-state index in [2.05, 4.69) is 43.0 Å². The largest absolute Gasteiger partial charge is 0.339 e. The number of carbonyl (C=O) groups excluding carboxylic acids is 1. The quantitative estimate of drug-likeness (QED) is 0.830. The molecule has 0 spiro atoms. The number of carbonyl (C=O) groups is 1. The molecule has 0 N–H and O–H groups in total. The molecule has 1 aliphatic heterocycles. The van der Waals surface area contributed by atoms with Crippen molar-refractivity contribution in [1.29, 1.82) is 0 Å². The Labute approximate surface area is 151 Å². The Balaban J connectivity index is 1.79. The molecule has 0 radical (unpaired) electrons. The number of benzene rings is 2. The lowest BCUT2D eigenvalue weighted by molar-refractivity contribution is -0.133. The average molecular weight is 336 g/mol. The highest BCUT2D eigenvalue weighted by atomic mass is 16.2. The SMILES string of the molecule is CCC(C)N1CCN(C(=O)C(c2ccccc2)c2ccccc2)CC1. The fourth-order valence-electron chi connectivity index (χ4n) is 3.59. The van der Waals surface area contributed by atoms with Crippen LogP contribution in [0.5, 0.6) is 0 Å². The third-order valence-corrected chi connectivity index (χ3v) is 5.35. The van der Waals surface area contributed by atoms with Crippen molar-refractivity contribution in [3.05, 3.63) is 71.8 Å². The summed E-state index contributed by atoms with van der Waals surface area (Å²) in [7, 11) is 0. The molecule has 0 saturated carbocycles. The summed E-state index contributed by atoms with van der Waals surface area (Å²) < 4.78 is 0. The first-order valence-corrected chi connectivity index (χ1v) is 9.33. The van der Waals surface area contributed by atoms with E-state index in [0.29, 0.717) is 6.04 Å². The van der Waals surface area contributed by atoms with Gasteiger partial charge in [-0.2, -0.15) is 0 Å². The lowest BCUT2D eigenvalue weighted by Crippen LogP contribution is -2.52. The zero-order valence-electron chi connectivity index (χ0n) is 15.3. The number of rotatable bonds is 5. The van der Waals surface area contributed by atoms with Crippen LogP contribution in [-0.4, -0.2) is 47.9 Å². The van der Waals surface area contributed by atoms with Crippen LogP contribution < -0.4 is 0 Å². The highest BCUT2D eigenvalue weighted by Crippen LogP contribution is 2.27. The van der Waals surface area contributed by atoms with E-state index in [-0.39, 0.29) is 11.8 Å². The van der Waals surface area contributed by atoms with E-state index >= 15 is 0 Å². The standard InChI is InChI=1S/C22H28N2O/c1-3-18(2)23-14-16-24(17-15-23)22(25)21(19-10-6-4-7-11-19)20-12-8-5-9-13-20/h4-13,18,21H,3,14-17H2,1-2H3. The molecule has 2 aromatic carbocycles. The molecule has 0 bridgehead atoms. The molecular formula is C22H28N2O. The maximum absolute atomic E-state index is 13.4. The molecule has 25 heavy (non-hydrogen) atoms. The molecule has 1 heterocycles. The molecule has 132 valence electrons. The minimum atomic E-state index is -0.211. The average Bonchev–Trinajstić information content (AvgIpc) is 2.69. The van der Waals surface area contributed by atoms with Crippen LogP contribution in [0.1, 0.15) is 37.3 Å². The molecular weight excluding hydrogens is 308 g/mol.